The molecular formula is C28H38N4O. The smallest absolute Gasteiger partial charge is 0.144 e. The Balaban J connectivity index is 1.42. The number of aliphatic imine (C=N–C) groups is 1. The molecule has 1 aliphatic rings. The maximum absolute atomic E-state index is 8.55. The molecule has 5 nitrogen and oxygen atoms in total. The van der Waals surface area contributed by atoms with E-state index in [4.69, 9.17) is 15.0 Å². The summed E-state index contributed by atoms with van der Waals surface area (Å²) in [4.78, 5) is 11.5. The van der Waals surface area contributed by atoms with Crippen LogP contribution < -0.4 is 4.74 Å². The third kappa shape index (κ3) is 8.46. The first-order valence-corrected chi connectivity index (χ1v) is 12.6. The highest BCUT2D eigenvalue weighted by molar-refractivity contribution is 5.99. The number of aromatic nitrogens is 2. The number of H-pyrrole nitrogens is 2. The van der Waals surface area contributed by atoms with Crippen LogP contribution in [-0.4, -0.2) is 22.3 Å². The zero-order valence-corrected chi connectivity index (χ0v) is 20.0. The summed E-state index contributed by atoms with van der Waals surface area (Å²) in [5, 5.41) is 8.55. The van der Waals surface area contributed by atoms with Gasteiger partial charge in [0.25, 0.3) is 0 Å². The first-order valence-electron chi connectivity index (χ1n) is 12.6. The lowest BCUT2D eigenvalue weighted by molar-refractivity contribution is 0.317. The summed E-state index contributed by atoms with van der Waals surface area (Å²) in [7, 11) is 0. The van der Waals surface area contributed by atoms with Crippen molar-refractivity contribution in [3.05, 3.63) is 47.9 Å². The molecule has 0 atom stereocenters. The van der Waals surface area contributed by atoms with Gasteiger partial charge < -0.3 is 14.7 Å². The minimum Gasteiger partial charge on any atom is -0.491 e. The Labute approximate surface area is 198 Å². The van der Waals surface area contributed by atoms with Crippen LogP contribution in [0.4, 0.5) is 0 Å². The molecule has 0 radical (unpaired) electrons. The van der Waals surface area contributed by atoms with Gasteiger partial charge in [-0.3, -0.25) is 4.99 Å². The first kappa shape index (κ1) is 24.6. The van der Waals surface area contributed by atoms with E-state index in [1.54, 1.807) is 0 Å². The number of unbranched alkanes of at least 4 members (excludes halogenated alkanes) is 9. The molecule has 2 N–H and O–H groups in total. The van der Waals surface area contributed by atoms with E-state index in [9.17, 15) is 0 Å². The van der Waals surface area contributed by atoms with E-state index in [0.717, 1.165) is 47.8 Å². The van der Waals surface area contributed by atoms with Gasteiger partial charge in [-0.15, -0.1) is 0 Å². The molecule has 2 aromatic rings. The number of nitrogens with zero attached hydrogens (tertiary/aromatic N) is 2. The Morgan fingerprint density at radius 2 is 1.76 bits per heavy atom. The van der Waals surface area contributed by atoms with Crippen molar-refractivity contribution in [2.45, 2.75) is 84.0 Å². The van der Waals surface area contributed by atoms with Crippen LogP contribution in [0.25, 0.3) is 17.5 Å². The Kier molecular flexibility index (Phi) is 10.6. The van der Waals surface area contributed by atoms with Gasteiger partial charge in [0.15, 0.2) is 0 Å². The number of hydrogen-bond acceptors (Lipinski definition) is 3. The zero-order valence-electron chi connectivity index (χ0n) is 20.0. The second kappa shape index (κ2) is 14.2. The minimum atomic E-state index is 0.698. The fraction of sp³-hybridized carbons (Fsp3) is 0.500. The predicted octanol–water partition coefficient (Wildman–Crippen LogP) is 7.96. The van der Waals surface area contributed by atoms with E-state index in [0.29, 0.717) is 13.0 Å². The lowest BCUT2D eigenvalue weighted by atomic mass is 10.0. The average Bonchev–Trinajstić information content (AvgIpc) is 3.58. The van der Waals surface area contributed by atoms with Crippen LogP contribution in [0.3, 0.4) is 0 Å². The van der Waals surface area contributed by atoms with Gasteiger partial charge >= 0.3 is 0 Å². The Morgan fingerprint density at radius 1 is 1.00 bits per heavy atom. The highest BCUT2D eigenvalue weighted by atomic mass is 16.5. The molecule has 2 aromatic heterocycles. The second-order valence-corrected chi connectivity index (χ2v) is 8.74. The minimum absolute atomic E-state index is 0.698. The fourth-order valence-corrected chi connectivity index (χ4v) is 4.07. The van der Waals surface area contributed by atoms with E-state index in [-0.39, 0.29) is 0 Å². The summed E-state index contributed by atoms with van der Waals surface area (Å²) in [5.74, 6) is 0.871. The van der Waals surface area contributed by atoms with Crippen LogP contribution >= 0.6 is 0 Å². The largest absolute Gasteiger partial charge is 0.491 e. The molecule has 176 valence electrons. The van der Waals surface area contributed by atoms with Crippen molar-refractivity contribution >= 4 is 11.8 Å². The number of allylic oxidation sites excluding steroid dienone is 2. The normalized spacial score (nSPS) is 14.1. The van der Waals surface area contributed by atoms with Gasteiger partial charge in [0, 0.05) is 24.4 Å². The van der Waals surface area contributed by atoms with Gasteiger partial charge in [-0.05, 0) is 56.0 Å². The van der Waals surface area contributed by atoms with Gasteiger partial charge in [0.05, 0.1) is 35.5 Å². The van der Waals surface area contributed by atoms with Crippen molar-refractivity contribution in [3.63, 3.8) is 0 Å². The lowest BCUT2D eigenvalue weighted by Crippen LogP contribution is -1.95. The van der Waals surface area contributed by atoms with Gasteiger partial charge in [-0.25, -0.2) is 0 Å². The number of hydrogen-bond donors (Lipinski definition) is 2. The zero-order chi connectivity index (χ0) is 23.1. The van der Waals surface area contributed by atoms with E-state index in [1.807, 2.05) is 12.3 Å². The molecule has 0 aromatic carbocycles. The molecule has 33 heavy (non-hydrogen) atoms. The van der Waals surface area contributed by atoms with Crippen LogP contribution in [-0.2, 0) is 0 Å². The molecule has 0 aliphatic carbocycles. The SMILES string of the molecule is CCCOc1cc(-c2ccc[nH]2)[nH]c1/C=C1\C=CC(CCCCCCCCCCCC#N)=N1. The topological polar surface area (TPSA) is 77.0 Å². The summed E-state index contributed by atoms with van der Waals surface area (Å²) >= 11 is 0. The summed E-state index contributed by atoms with van der Waals surface area (Å²) in [6, 6.07) is 8.33. The monoisotopic (exact) mass is 446 g/mol. The van der Waals surface area contributed by atoms with E-state index < -0.39 is 0 Å². The highest BCUT2D eigenvalue weighted by Crippen LogP contribution is 2.29. The van der Waals surface area contributed by atoms with Crippen molar-refractivity contribution in [3.8, 4) is 23.2 Å². The number of nitrogens with one attached hydrogen (secondary N) is 2. The molecular weight excluding hydrogens is 408 g/mol. The summed E-state index contributed by atoms with van der Waals surface area (Å²) in [6.45, 7) is 2.82. The molecule has 1 aliphatic heterocycles. The summed E-state index contributed by atoms with van der Waals surface area (Å²) in [5.41, 5.74) is 5.18. The first-order chi connectivity index (χ1) is 16.3. The molecule has 0 fully saturated rings. The second-order valence-electron chi connectivity index (χ2n) is 8.74. The summed E-state index contributed by atoms with van der Waals surface area (Å²) in [6.07, 6.45) is 22.2. The van der Waals surface area contributed by atoms with Crippen molar-refractivity contribution in [1.29, 1.82) is 5.26 Å². The maximum Gasteiger partial charge on any atom is 0.144 e. The Bertz CT molecular complexity index is 957. The van der Waals surface area contributed by atoms with Gasteiger partial charge in [-0.2, -0.15) is 5.26 Å². The molecule has 0 unspecified atom stereocenters. The van der Waals surface area contributed by atoms with Crippen molar-refractivity contribution in [2.75, 3.05) is 6.61 Å². The Morgan fingerprint density at radius 3 is 2.45 bits per heavy atom. The molecule has 0 spiro atoms. The molecule has 5 heteroatoms. The molecule has 0 amide bonds. The third-order valence-corrected chi connectivity index (χ3v) is 5.89. The molecule has 3 rings (SSSR count). The third-order valence-electron chi connectivity index (χ3n) is 5.89. The number of rotatable bonds is 16. The van der Waals surface area contributed by atoms with Crippen LogP contribution in [0.2, 0.25) is 0 Å². The van der Waals surface area contributed by atoms with Crippen LogP contribution in [0, 0.1) is 11.3 Å². The molecule has 0 bridgehead atoms. The van der Waals surface area contributed by atoms with Crippen LogP contribution in [0.15, 0.2) is 47.2 Å². The quantitative estimate of drug-likeness (QED) is 0.256. The van der Waals surface area contributed by atoms with Crippen molar-refractivity contribution < 1.29 is 4.74 Å². The maximum atomic E-state index is 8.55. The highest BCUT2D eigenvalue weighted by Gasteiger charge is 2.12. The fourth-order valence-electron chi connectivity index (χ4n) is 4.07. The van der Waals surface area contributed by atoms with E-state index in [1.165, 1.54) is 57.1 Å². The summed E-state index contributed by atoms with van der Waals surface area (Å²) < 4.78 is 5.97. The lowest BCUT2D eigenvalue weighted by Gasteiger charge is -2.03. The number of nitriles is 1. The van der Waals surface area contributed by atoms with Crippen LogP contribution in [0.5, 0.6) is 5.75 Å². The average molecular weight is 447 g/mol. The molecule has 3 heterocycles. The standard InChI is InChI=1S/C28H38N4O/c1-2-20-33-28-22-26(25-15-13-19-30-25)32-27(28)21-24-17-16-23(31-24)14-11-9-7-5-3-4-6-8-10-12-18-29/h13,15-17,19,21-22,30,32H,2-12,14,20H2,1H3/b24-21+. The van der Waals surface area contributed by atoms with Crippen LogP contribution in [0.1, 0.15) is 89.7 Å². The molecule has 0 saturated heterocycles. The van der Waals surface area contributed by atoms with Gasteiger partial charge in [0.2, 0.25) is 0 Å². The van der Waals surface area contributed by atoms with E-state index in [2.05, 4.69) is 53.3 Å². The number of ether oxygens (including phenoxy) is 1. The van der Waals surface area contributed by atoms with Crippen molar-refractivity contribution in [2.24, 2.45) is 4.99 Å². The number of aromatic amines is 2. The van der Waals surface area contributed by atoms with Gasteiger partial charge in [0.1, 0.15) is 5.75 Å². The predicted molar refractivity (Wildman–Crippen MR) is 137 cm³/mol. The Hall–Kier alpha value is -3.00. The van der Waals surface area contributed by atoms with Gasteiger partial charge in [-0.1, -0.05) is 51.9 Å². The van der Waals surface area contributed by atoms with E-state index >= 15 is 0 Å². The van der Waals surface area contributed by atoms with Crippen molar-refractivity contribution in [1.82, 2.24) is 9.97 Å². The molecule has 0 saturated carbocycles.